The third-order valence-corrected chi connectivity index (χ3v) is 2.97. The van der Waals surface area contributed by atoms with E-state index in [2.05, 4.69) is 12.1 Å². The highest BCUT2D eigenvalue weighted by Gasteiger charge is 2.32. The van der Waals surface area contributed by atoms with Crippen LogP contribution in [0, 0.1) is 0 Å². The van der Waals surface area contributed by atoms with E-state index in [0.29, 0.717) is 12.6 Å². The van der Waals surface area contributed by atoms with Gasteiger partial charge < -0.3 is 9.64 Å². The number of hydrogen-bond acceptors (Lipinski definition) is 2. The lowest BCUT2D eigenvalue weighted by atomic mass is 10.1. The number of carbonyl (C=O) groups excluding carboxylic acids is 1. The molecule has 2 rings (SSSR count). The summed E-state index contributed by atoms with van der Waals surface area (Å²) in [5.74, 6) is 0. The minimum Gasteiger partial charge on any atom is -0.450 e. The van der Waals surface area contributed by atoms with Crippen molar-refractivity contribution in [3.8, 4) is 0 Å². The highest BCUT2D eigenvalue weighted by atomic mass is 16.6. The molecular weight excluding hydrogens is 214 g/mol. The summed E-state index contributed by atoms with van der Waals surface area (Å²) in [4.78, 5) is 13.6. The van der Waals surface area contributed by atoms with E-state index in [-0.39, 0.29) is 6.09 Å². The number of benzene rings is 1. The zero-order valence-corrected chi connectivity index (χ0v) is 10.3. The molecule has 0 N–H and O–H groups in total. The van der Waals surface area contributed by atoms with E-state index in [1.165, 1.54) is 5.56 Å². The normalized spacial score (nSPS) is 14.4. The van der Waals surface area contributed by atoms with Crippen molar-refractivity contribution in [1.82, 2.24) is 4.90 Å². The van der Waals surface area contributed by atoms with Crippen LogP contribution in [0.3, 0.4) is 0 Å². The summed E-state index contributed by atoms with van der Waals surface area (Å²) in [6.45, 7) is 3.06. The Morgan fingerprint density at radius 2 is 2.06 bits per heavy atom. The van der Waals surface area contributed by atoms with Gasteiger partial charge in [0.05, 0.1) is 6.61 Å². The van der Waals surface area contributed by atoms with Crippen LogP contribution in [0.25, 0.3) is 0 Å². The summed E-state index contributed by atoms with van der Waals surface area (Å²) in [6, 6.07) is 10.7. The molecule has 0 bridgehead atoms. The fourth-order valence-corrected chi connectivity index (χ4v) is 1.91. The smallest absolute Gasteiger partial charge is 0.410 e. The number of amides is 1. The molecule has 3 heteroatoms. The van der Waals surface area contributed by atoms with E-state index in [1.54, 1.807) is 0 Å². The van der Waals surface area contributed by atoms with Crippen molar-refractivity contribution in [3.63, 3.8) is 0 Å². The Morgan fingerprint density at radius 1 is 1.35 bits per heavy atom. The molecule has 17 heavy (non-hydrogen) atoms. The Labute approximate surface area is 102 Å². The maximum atomic E-state index is 11.7. The molecule has 0 aliphatic heterocycles. The lowest BCUT2D eigenvalue weighted by molar-refractivity contribution is 0.105. The summed E-state index contributed by atoms with van der Waals surface area (Å²) in [5, 5.41) is 0. The van der Waals surface area contributed by atoms with Gasteiger partial charge in [-0.05, 0) is 31.7 Å². The van der Waals surface area contributed by atoms with Gasteiger partial charge in [-0.1, -0.05) is 30.3 Å². The maximum absolute atomic E-state index is 11.7. The van der Waals surface area contributed by atoms with E-state index in [4.69, 9.17) is 4.74 Å². The van der Waals surface area contributed by atoms with Crippen LogP contribution in [0.15, 0.2) is 30.3 Å². The standard InChI is InChI=1S/C14H19NO2/c1-2-17-14(16)15(13-8-9-13)11-10-12-6-4-3-5-7-12/h3-7,13H,2,8-11H2,1H3. The molecule has 1 aliphatic rings. The highest BCUT2D eigenvalue weighted by Crippen LogP contribution is 2.27. The maximum Gasteiger partial charge on any atom is 0.410 e. The van der Waals surface area contributed by atoms with Crippen LogP contribution < -0.4 is 0 Å². The summed E-state index contributed by atoms with van der Waals surface area (Å²) in [5.41, 5.74) is 1.27. The first-order valence-corrected chi connectivity index (χ1v) is 6.28. The average Bonchev–Trinajstić information content (AvgIpc) is 3.15. The molecule has 1 aliphatic carbocycles. The Hall–Kier alpha value is -1.51. The van der Waals surface area contributed by atoms with Crippen LogP contribution >= 0.6 is 0 Å². The van der Waals surface area contributed by atoms with Crippen molar-refractivity contribution in [2.75, 3.05) is 13.2 Å². The molecule has 0 saturated heterocycles. The predicted octanol–water partition coefficient (Wildman–Crippen LogP) is 2.85. The van der Waals surface area contributed by atoms with Crippen LogP contribution in [-0.2, 0) is 11.2 Å². The molecule has 3 nitrogen and oxygen atoms in total. The molecule has 0 heterocycles. The monoisotopic (exact) mass is 233 g/mol. The molecule has 1 saturated carbocycles. The van der Waals surface area contributed by atoms with Crippen LogP contribution in [0.4, 0.5) is 4.79 Å². The van der Waals surface area contributed by atoms with Crippen LogP contribution in [0.5, 0.6) is 0 Å². The van der Waals surface area contributed by atoms with E-state index in [0.717, 1.165) is 25.8 Å². The van der Waals surface area contributed by atoms with E-state index in [9.17, 15) is 4.79 Å². The first-order valence-electron chi connectivity index (χ1n) is 6.28. The number of hydrogen-bond donors (Lipinski definition) is 0. The molecule has 1 aromatic carbocycles. The minimum absolute atomic E-state index is 0.161. The second kappa shape index (κ2) is 5.71. The molecule has 1 amide bonds. The molecule has 1 aromatic rings. The van der Waals surface area contributed by atoms with Crippen molar-refractivity contribution in [1.29, 1.82) is 0 Å². The molecule has 0 spiro atoms. The van der Waals surface area contributed by atoms with Crippen LogP contribution in [-0.4, -0.2) is 30.2 Å². The zero-order chi connectivity index (χ0) is 12.1. The van der Waals surface area contributed by atoms with Gasteiger partial charge in [0, 0.05) is 12.6 Å². The first-order chi connectivity index (χ1) is 8.31. The minimum atomic E-state index is -0.161. The first kappa shape index (κ1) is 12.0. The lowest BCUT2D eigenvalue weighted by Gasteiger charge is -2.21. The summed E-state index contributed by atoms with van der Waals surface area (Å²) >= 11 is 0. The topological polar surface area (TPSA) is 29.5 Å². The van der Waals surface area contributed by atoms with Gasteiger partial charge in [-0.25, -0.2) is 4.79 Å². The van der Waals surface area contributed by atoms with E-state index in [1.807, 2.05) is 30.0 Å². The molecule has 0 unspecified atom stereocenters. The van der Waals surface area contributed by atoms with Gasteiger partial charge in [0.1, 0.15) is 0 Å². The zero-order valence-electron chi connectivity index (χ0n) is 10.3. The SMILES string of the molecule is CCOC(=O)N(CCc1ccccc1)C1CC1. The van der Waals surface area contributed by atoms with Gasteiger partial charge in [-0.15, -0.1) is 0 Å². The third kappa shape index (κ3) is 3.48. The largest absolute Gasteiger partial charge is 0.450 e. The van der Waals surface area contributed by atoms with Gasteiger partial charge in [0.2, 0.25) is 0 Å². The van der Waals surface area contributed by atoms with Crippen molar-refractivity contribution in [3.05, 3.63) is 35.9 Å². The van der Waals surface area contributed by atoms with Gasteiger partial charge in [0.25, 0.3) is 0 Å². The molecule has 0 radical (unpaired) electrons. The molecule has 1 fully saturated rings. The Kier molecular flexibility index (Phi) is 4.02. The Balaban J connectivity index is 1.88. The van der Waals surface area contributed by atoms with E-state index >= 15 is 0 Å². The average molecular weight is 233 g/mol. The van der Waals surface area contributed by atoms with Crippen molar-refractivity contribution in [2.24, 2.45) is 0 Å². The van der Waals surface area contributed by atoms with Gasteiger partial charge in [0.15, 0.2) is 0 Å². The molecular formula is C14H19NO2. The highest BCUT2D eigenvalue weighted by molar-refractivity contribution is 5.68. The predicted molar refractivity (Wildman–Crippen MR) is 66.9 cm³/mol. The molecule has 0 atom stereocenters. The Bertz CT molecular complexity index is 360. The van der Waals surface area contributed by atoms with Crippen molar-refractivity contribution in [2.45, 2.75) is 32.2 Å². The summed E-state index contributed by atoms with van der Waals surface area (Å²) in [6.07, 6.45) is 2.98. The van der Waals surface area contributed by atoms with E-state index < -0.39 is 0 Å². The quantitative estimate of drug-likeness (QED) is 0.782. The second-order valence-corrected chi connectivity index (χ2v) is 4.36. The summed E-state index contributed by atoms with van der Waals surface area (Å²) < 4.78 is 5.08. The fraction of sp³-hybridized carbons (Fsp3) is 0.500. The second-order valence-electron chi connectivity index (χ2n) is 4.36. The lowest BCUT2D eigenvalue weighted by Crippen LogP contribution is -2.35. The van der Waals surface area contributed by atoms with Gasteiger partial charge in [-0.3, -0.25) is 0 Å². The fourth-order valence-electron chi connectivity index (χ4n) is 1.91. The van der Waals surface area contributed by atoms with Crippen molar-refractivity contribution >= 4 is 6.09 Å². The Morgan fingerprint density at radius 3 is 2.65 bits per heavy atom. The summed E-state index contributed by atoms with van der Waals surface area (Å²) in [7, 11) is 0. The van der Waals surface area contributed by atoms with Gasteiger partial charge in [-0.2, -0.15) is 0 Å². The van der Waals surface area contributed by atoms with Crippen molar-refractivity contribution < 1.29 is 9.53 Å². The molecule has 0 aromatic heterocycles. The molecule has 92 valence electrons. The number of rotatable bonds is 5. The third-order valence-electron chi connectivity index (χ3n) is 2.97. The number of ether oxygens (including phenoxy) is 1. The van der Waals surface area contributed by atoms with Crippen LogP contribution in [0.1, 0.15) is 25.3 Å². The van der Waals surface area contributed by atoms with Gasteiger partial charge >= 0.3 is 6.09 Å². The van der Waals surface area contributed by atoms with Crippen LogP contribution in [0.2, 0.25) is 0 Å². The number of nitrogens with zero attached hydrogens (tertiary/aromatic N) is 1. The number of carbonyl (C=O) groups is 1.